The van der Waals surface area contributed by atoms with Gasteiger partial charge >= 0.3 is 0 Å². The number of nitrogens with one attached hydrogen (secondary N) is 1. The van der Waals surface area contributed by atoms with Gasteiger partial charge in [-0.25, -0.2) is 4.98 Å². The van der Waals surface area contributed by atoms with Gasteiger partial charge in [0.2, 0.25) is 0 Å². The molecule has 1 aromatic heterocycles. The molecule has 1 rings (SSSR count). The third-order valence-corrected chi connectivity index (χ3v) is 3.06. The van der Waals surface area contributed by atoms with Crippen LogP contribution in [0.15, 0.2) is 19.0 Å². The van der Waals surface area contributed by atoms with E-state index in [0.29, 0.717) is 0 Å². The minimum absolute atomic E-state index is 0.0201. The van der Waals surface area contributed by atoms with E-state index in [0.717, 1.165) is 38.5 Å². The van der Waals surface area contributed by atoms with E-state index in [1.807, 2.05) is 10.8 Å². The van der Waals surface area contributed by atoms with Crippen LogP contribution in [-0.2, 0) is 17.7 Å². The molecule has 1 atom stereocenters. The first-order valence-electron chi connectivity index (χ1n) is 6.35. The zero-order valence-electron chi connectivity index (χ0n) is 11.6. The van der Waals surface area contributed by atoms with Crippen LogP contribution in [0.25, 0.3) is 0 Å². The first-order chi connectivity index (χ1) is 8.65. The summed E-state index contributed by atoms with van der Waals surface area (Å²) < 4.78 is 6.95. The van der Waals surface area contributed by atoms with Crippen LogP contribution in [0.1, 0.15) is 19.7 Å². The zero-order valence-corrected chi connectivity index (χ0v) is 11.6. The lowest BCUT2D eigenvalue weighted by molar-refractivity contribution is 0.195. The SMILES string of the molecule is C=CC(C)(CNCCOC)Cc1ncnn1CC. The Morgan fingerprint density at radius 3 is 3.00 bits per heavy atom. The Kier molecular flexibility index (Phi) is 6.01. The molecule has 5 nitrogen and oxygen atoms in total. The van der Waals surface area contributed by atoms with Gasteiger partial charge in [0.15, 0.2) is 0 Å². The predicted molar refractivity (Wildman–Crippen MR) is 72.4 cm³/mol. The first-order valence-corrected chi connectivity index (χ1v) is 6.35. The fourth-order valence-electron chi connectivity index (χ4n) is 1.81. The van der Waals surface area contributed by atoms with Crippen LogP contribution in [0.2, 0.25) is 0 Å². The maximum atomic E-state index is 5.02. The summed E-state index contributed by atoms with van der Waals surface area (Å²) in [7, 11) is 1.71. The number of aromatic nitrogens is 3. The average Bonchev–Trinajstić information content (AvgIpc) is 2.82. The molecule has 102 valence electrons. The lowest BCUT2D eigenvalue weighted by Gasteiger charge is -2.25. The number of methoxy groups -OCH3 is 1. The summed E-state index contributed by atoms with van der Waals surface area (Å²) in [6.45, 7) is 11.5. The molecule has 0 saturated carbocycles. The second-order valence-electron chi connectivity index (χ2n) is 4.70. The van der Waals surface area contributed by atoms with Gasteiger partial charge in [0.1, 0.15) is 12.2 Å². The molecular weight excluding hydrogens is 228 g/mol. The van der Waals surface area contributed by atoms with Gasteiger partial charge in [0, 0.05) is 38.6 Å². The molecular formula is C13H24N4O. The molecule has 0 radical (unpaired) electrons. The Balaban J connectivity index is 2.56. The van der Waals surface area contributed by atoms with Crippen LogP contribution in [0.5, 0.6) is 0 Å². The van der Waals surface area contributed by atoms with Gasteiger partial charge in [-0.15, -0.1) is 6.58 Å². The predicted octanol–water partition coefficient (Wildman–Crippen LogP) is 1.27. The number of aryl methyl sites for hydroxylation is 1. The van der Waals surface area contributed by atoms with E-state index in [-0.39, 0.29) is 5.41 Å². The summed E-state index contributed by atoms with van der Waals surface area (Å²) in [6, 6.07) is 0. The maximum absolute atomic E-state index is 5.02. The summed E-state index contributed by atoms with van der Waals surface area (Å²) in [4.78, 5) is 4.32. The number of hydrogen-bond acceptors (Lipinski definition) is 4. The molecule has 0 fully saturated rings. The van der Waals surface area contributed by atoms with Gasteiger partial charge < -0.3 is 10.1 Å². The van der Waals surface area contributed by atoms with E-state index < -0.39 is 0 Å². The van der Waals surface area contributed by atoms with Gasteiger partial charge in [0.05, 0.1) is 6.61 Å². The molecule has 1 aromatic rings. The van der Waals surface area contributed by atoms with Crippen LogP contribution in [0.4, 0.5) is 0 Å². The van der Waals surface area contributed by atoms with E-state index in [1.165, 1.54) is 0 Å². The fourth-order valence-corrected chi connectivity index (χ4v) is 1.81. The van der Waals surface area contributed by atoms with Gasteiger partial charge in [-0.3, -0.25) is 4.68 Å². The number of ether oxygens (including phenoxy) is 1. The molecule has 0 aliphatic rings. The molecule has 0 saturated heterocycles. The highest BCUT2D eigenvalue weighted by Gasteiger charge is 2.23. The second kappa shape index (κ2) is 7.28. The van der Waals surface area contributed by atoms with E-state index in [4.69, 9.17) is 4.74 Å². The molecule has 0 aliphatic heterocycles. The molecule has 1 heterocycles. The van der Waals surface area contributed by atoms with Crippen LogP contribution < -0.4 is 5.32 Å². The first kappa shape index (κ1) is 14.9. The molecule has 0 amide bonds. The van der Waals surface area contributed by atoms with Crippen LogP contribution in [-0.4, -0.2) is 41.6 Å². The number of hydrogen-bond donors (Lipinski definition) is 1. The molecule has 0 aromatic carbocycles. The van der Waals surface area contributed by atoms with Crippen LogP contribution in [0.3, 0.4) is 0 Å². The summed E-state index contributed by atoms with van der Waals surface area (Å²) in [5.74, 6) is 1.01. The van der Waals surface area contributed by atoms with Crippen molar-refractivity contribution in [2.45, 2.75) is 26.8 Å². The van der Waals surface area contributed by atoms with Crippen molar-refractivity contribution in [3.05, 3.63) is 24.8 Å². The van der Waals surface area contributed by atoms with Crippen molar-refractivity contribution < 1.29 is 4.74 Å². The standard InChI is InChI=1S/C13H24N4O/c1-5-13(3,10-14-7-8-18-4)9-12-15-11-16-17(12)6-2/h5,11,14H,1,6-10H2,2-4H3. The minimum Gasteiger partial charge on any atom is -0.383 e. The smallest absolute Gasteiger partial charge is 0.138 e. The summed E-state index contributed by atoms with van der Waals surface area (Å²) in [5, 5.41) is 7.57. The number of rotatable bonds is 9. The Morgan fingerprint density at radius 2 is 2.39 bits per heavy atom. The Hall–Kier alpha value is -1.20. The van der Waals surface area contributed by atoms with Crippen molar-refractivity contribution in [3.8, 4) is 0 Å². The van der Waals surface area contributed by atoms with Gasteiger partial charge in [-0.2, -0.15) is 5.10 Å². The lowest BCUT2D eigenvalue weighted by Crippen LogP contribution is -2.34. The molecule has 0 spiro atoms. The van der Waals surface area contributed by atoms with Crippen molar-refractivity contribution in [2.24, 2.45) is 5.41 Å². The number of nitrogens with zero attached hydrogens (tertiary/aromatic N) is 3. The highest BCUT2D eigenvalue weighted by atomic mass is 16.5. The Labute approximate surface area is 109 Å². The maximum Gasteiger partial charge on any atom is 0.138 e. The highest BCUT2D eigenvalue weighted by Crippen LogP contribution is 2.21. The molecule has 18 heavy (non-hydrogen) atoms. The van der Waals surface area contributed by atoms with Crippen LogP contribution in [0, 0.1) is 5.41 Å². The largest absolute Gasteiger partial charge is 0.383 e. The molecule has 1 unspecified atom stereocenters. The minimum atomic E-state index is -0.0201. The molecule has 0 aliphatic carbocycles. The van der Waals surface area contributed by atoms with Crippen molar-refractivity contribution in [2.75, 3.05) is 26.8 Å². The topological polar surface area (TPSA) is 52.0 Å². The second-order valence-corrected chi connectivity index (χ2v) is 4.70. The monoisotopic (exact) mass is 252 g/mol. The molecule has 5 heteroatoms. The Morgan fingerprint density at radius 1 is 1.61 bits per heavy atom. The van der Waals surface area contributed by atoms with Crippen LogP contribution >= 0.6 is 0 Å². The van der Waals surface area contributed by atoms with Gasteiger partial charge in [-0.1, -0.05) is 13.0 Å². The van der Waals surface area contributed by atoms with E-state index in [2.05, 4.69) is 35.8 Å². The van der Waals surface area contributed by atoms with Crippen molar-refractivity contribution >= 4 is 0 Å². The summed E-state index contributed by atoms with van der Waals surface area (Å²) in [5.41, 5.74) is -0.0201. The lowest BCUT2D eigenvalue weighted by atomic mass is 9.86. The van der Waals surface area contributed by atoms with E-state index in [1.54, 1.807) is 13.4 Å². The van der Waals surface area contributed by atoms with Crippen molar-refractivity contribution in [3.63, 3.8) is 0 Å². The van der Waals surface area contributed by atoms with Gasteiger partial charge in [-0.05, 0) is 6.92 Å². The van der Waals surface area contributed by atoms with E-state index in [9.17, 15) is 0 Å². The summed E-state index contributed by atoms with van der Waals surface area (Å²) in [6.07, 6.45) is 4.44. The van der Waals surface area contributed by atoms with Gasteiger partial charge in [0.25, 0.3) is 0 Å². The normalized spacial score (nSPS) is 14.4. The van der Waals surface area contributed by atoms with Crippen molar-refractivity contribution in [1.82, 2.24) is 20.1 Å². The van der Waals surface area contributed by atoms with Crippen molar-refractivity contribution in [1.29, 1.82) is 0 Å². The zero-order chi connectivity index (χ0) is 13.4. The Bertz CT molecular complexity index is 364. The quantitative estimate of drug-likeness (QED) is 0.531. The molecule has 1 N–H and O–H groups in total. The average molecular weight is 252 g/mol. The molecule has 0 bridgehead atoms. The highest BCUT2D eigenvalue weighted by molar-refractivity contribution is 5.01. The summed E-state index contributed by atoms with van der Waals surface area (Å²) >= 11 is 0. The fraction of sp³-hybridized carbons (Fsp3) is 0.692. The van der Waals surface area contributed by atoms with E-state index >= 15 is 0 Å². The third kappa shape index (κ3) is 4.23. The third-order valence-electron chi connectivity index (χ3n) is 3.06.